The Morgan fingerprint density at radius 3 is 2.87 bits per heavy atom. The number of fused-ring (bicyclic) bond motifs is 1. The van der Waals surface area contributed by atoms with E-state index < -0.39 is 16.7 Å². The van der Waals surface area contributed by atoms with Gasteiger partial charge in [0.2, 0.25) is 0 Å². The zero-order chi connectivity index (χ0) is 16.4. The molecule has 0 radical (unpaired) electrons. The van der Waals surface area contributed by atoms with Crippen LogP contribution in [0.2, 0.25) is 0 Å². The minimum atomic E-state index is -0.709. The molecule has 0 aliphatic carbocycles. The van der Waals surface area contributed by atoms with Crippen LogP contribution in [0.15, 0.2) is 47.0 Å². The third-order valence-electron chi connectivity index (χ3n) is 3.16. The highest BCUT2D eigenvalue weighted by Gasteiger charge is 2.18. The Hall–Kier alpha value is -3.42. The maximum absolute atomic E-state index is 12.2. The van der Waals surface area contributed by atoms with Crippen LogP contribution < -0.4 is 10.1 Å². The minimum Gasteiger partial charge on any atom is -0.497 e. The predicted molar refractivity (Wildman–Crippen MR) is 81.6 cm³/mol. The van der Waals surface area contributed by atoms with E-state index in [1.54, 1.807) is 24.4 Å². The Kier molecular flexibility index (Phi) is 3.63. The molecule has 0 aliphatic heterocycles. The third-order valence-corrected chi connectivity index (χ3v) is 3.16. The fraction of sp³-hybridized carbons (Fsp3) is 0.0667. The maximum atomic E-state index is 12.2. The van der Waals surface area contributed by atoms with Crippen molar-refractivity contribution in [1.82, 2.24) is 4.98 Å². The number of ether oxygens (including phenoxy) is 1. The molecule has 0 saturated heterocycles. The number of nitrogens with one attached hydrogen (secondary N) is 1. The molecule has 0 bridgehead atoms. The summed E-state index contributed by atoms with van der Waals surface area (Å²) in [6.45, 7) is 0. The van der Waals surface area contributed by atoms with Gasteiger partial charge in [-0.05, 0) is 18.2 Å². The van der Waals surface area contributed by atoms with Gasteiger partial charge in [-0.1, -0.05) is 6.07 Å². The fourth-order valence-corrected chi connectivity index (χ4v) is 2.11. The van der Waals surface area contributed by atoms with Crippen LogP contribution in [0.3, 0.4) is 0 Å². The number of carbonyl (C=O) groups excluding carboxylic acids is 1. The van der Waals surface area contributed by atoms with Gasteiger partial charge in [0.15, 0.2) is 5.76 Å². The number of nitro groups is 1. The van der Waals surface area contributed by atoms with Crippen LogP contribution in [-0.4, -0.2) is 22.9 Å². The number of pyridine rings is 1. The molecule has 0 atom stereocenters. The number of anilines is 1. The standard InChI is InChI=1S/C15H11N3O5/c1-22-10-7-9-3-2-6-16-14(9)11(8-10)17-15(19)12-4-5-13(23-12)18(20)21/h2-8H,1H3,(H,17,19). The van der Waals surface area contributed by atoms with Gasteiger partial charge in [0.05, 0.1) is 24.4 Å². The van der Waals surface area contributed by atoms with Crippen molar-refractivity contribution in [2.75, 3.05) is 12.4 Å². The van der Waals surface area contributed by atoms with Crippen LogP contribution in [0, 0.1) is 10.1 Å². The molecule has 116 valence electrons. The predicted octanol–water partition coefficient (Wildman–Crippen LogP) is 3.00. The number of benzene rings is 1. The Labute approximate surface area is 129 Å². The van der Waals surface area contributed by atoms with E-state index >= 15 is 0 Å². The Morgan fingerprint density at radius 1 is 1.35 bits per heavy atom. The largest absolute Gasteiger partial charge is 0.497 e. The van der Waals surface area contributed by atoms with Crippen molar-refractivity contribution in [3.05, 3.63) is 58.5 Å². The lowest BCUT2D eigenvalue weighted by atomic mass is 10.1. The molecule has 0 unspecified atom stereocenters. The van der Waals surface area contributed by atoms with Crippen molar-refractivity contribution in [3.63, 3.8) is 0 Å². The van der Waals surface area contributed by atoms with E-state index in [1.807, 2.05) is 6.07 Å². The maximum Gasteiger partial charge on any atom is 0.433 e. The first kappa shape index (κ1) is 14.5. The van der Waals surface area contributed by atoms with Gasteiger partial charge in [-0.25, -0.2) is 0 Å². The molecule has 1 amide bonds. The summed E-state index contributed by atoms with van der Waals surface area (Å²) in [4.78, 5) is 26.3. The summed E-state index contributed by atoms with van der Waals surface area (Å²) in [6.07, 6.45) is 1.60. The Morgan fingerprint density at radius 2 is 2.17 bits per heavy atom. The molecular formula is C15H11N3O5. The van der Waals surface area contributed by atoms with Crippen molar-refractivity contribution in [2.45, 2.75) is 0 Å². The monoisotopic (exact) mass is 313 g/mol. The summed E-state index contributed by atoms with van der Waals surface area (Å²) < 4.78 is 10.1. The van der Waals surface area contributed by atoms with Gasteiger partial charge in [-0.15, -0.1) is 0 Å². The fourth-order valence-electron chi connectivity index (χ4n) is 2.11. The molecular weight excluding hydrogens is 302 g/mol. The second-order valence-corrected chi connectivity index (χ2v) is 4.60. The molecule has 1 aromatic carbocycles. The number of hydrogen-bond acceptors (Lipinski definition) is 6. The van der Waals surface area contributed by atoms with Crippen LogP contribution >= 0.6 is 0 Å². The van der Waals surface area contributed by atoms with Crippen molar-refractivity contribution in [1.29, 1.82) is 0 Å². The average Bonchev–Trinajstić information content (AvgIpc) is 3.05. The number of methoxy groups -OCH3 is 1. The number of carbonyl (C=O) groups is 1. The first-order valence-electron chi connectivity index (χ1n) is 6.57. The molecule has 3 aromatic rings. The lowest BCUT2D eigenvalue weighted by Gasteiger charge is -2.09. The minimum absolute atomic E-state index is 0.163. The van der Waals surface area contributed by atoms with Crippen molar-refractivity contribution in [2.24, 2.45) is 0 Å². The topological polar surface area (TPSA) is 108 Å². The molecule has 1 N–H and O–H groups in total. The van der Waals surface area contributed by atoms with Crippen LogP contribution in [-0.2, 0) is 0 Å². The number of furan rings is 1. The molecule has 3 rings (SSSR count). The van der Waals surface area contributed by atoms with Crippen molar-refractivity contribution >= 4 is 28.4 Å². The summed E-state index contributed by atoms with van der Waals surface area (Å²) >= 11 is 0. The summed E-state index contributed by atoms with van der Waals surface area (Å²) in [5.41, 5.74) is 0.992. The Balaban J connectivity index is 1.96. The van der Waals surface area contributed by atoms with E-state index in [0.29, 0.717) is 17.0 Å². The lowest BCUT2D eigenvalue weighted by Crippen LogP contribution is -2.11. The summed E-state index contributed by atoms with van der Waals surface area (Å²) in [6, 6.07) is 9.36. The summed E-state index contributed by atoms with van der Waals surface area (Å²) in [5.74, 6) is -0.725. The number of amides is 1. The van der Waals surface area contributed by atoms with E-state index in [1.165, 1.54) is 13.2 Å². The molecule has 0 spiro atoms. The number of hydrogen-bond donors (Lipinski definition) is 1. The van der Waals surface area contributed by atoms with Crippen LogP contribution in [0.25, 0.3) is 10.9 Å². The third kappa shape index (κ3) is 2.82. The van der Waals surface area contributed by atoms with Crippen LogP contribution in [0.5, 0.6) is 5.75 Å². The first-order valence-corrected chi connectivity index (χ1v) is 6.57. The highest BCUT2D eigenvalue weighted by molar-refractivity contribution is 6.07. The second-order valence-electron chi connectivity index (χ2n) is 4.60. The number of nitrogens with zero attached hydrogens (tertiary/aromatic N) is 2. The molecule has 23 heavy (non-hydrogen) atoms. The van der Waals surface area contributed by atoms with Crippen molar-refractivity contribution < 1.29 is 18.9 Å². The highest BCUT2D eigenvalue weighted by atomic mass is 16.6. The zero-order valence-corrected chi connectivity index (χ0v) is 12.0. The second kappa shape index (κ2) is 5.76. The molecule has 0 saturated carbocycles. The SMILES string of the molecule is COc1cc(NC(=O)c2ccc([N+](=O)[O-])o2)c2ncccc2c1. The number of rotatable bonds is 4. The summed E-state index contributed by atoms with van der Waals surface area (Å²) in [5, 5.41) is 14.0. The van der Waals surface area contributed by atoms with E-state index in [4.69, 9.17) is 9.15 Å². The Bertz CT molecular complexity index is 903. The smallest absolute Gasteiger partial charge is 0.433 e. The number of aromatic nitrogens is 1. The lowest BCUT2D eigenvalue weighted by molar-refractivity contribution is -0.402. The van der Waals surface area contributed by atoms with Gasteiger partial charge in [0.1, 0.15) is 10.7 Å². The zero-order valence-electron chi connectivity index (χ0n) is 12.0. The van der Waals surface area contributed by atoms with E-state index in [-0.39, 0.29) is 5.76 Å². The first-order chi connectivity index (χ1) is 11.1. The molecule has 8 nitrogen and oxygen atoms in total. The summed E-state index contributed by atoms with van der Waals surface area (Å²) in [7, 11) is 1.51. The van der Waals surface area contributed by atoms with E-state index in [0.717, 1.165) is 11.5 Å². The highest BCUT2D eigenvalue weighted by Crippen LogP contribution is 2.28. The quantitative estimate of drug-likeness (QED) is 0.586. The van der Waals surface area contributed by atoms with E-state index in [2.05, 4.69) is 10.3 Å². The normalized spacial score (nSPS) is 10.5. The van der Waals surface area contributed by atoms with Gasteiger partial charge in [0, 0.05) is 17.6 Å². The molecule has 2 aromatic heterocycles. The molecule has 8 heteroatoms. The average molecular weight is 313 g/mol. The van der Waals surface area contributed by atoms with Gasteiger partial charge in [0.25, 0.3) is 5.91 Å². The molecule has 2 heterocycles. The van der Waals surface area contributed by atoms with Gasteiger partial charge in [-0.3, -0.25) is 19.9 Å². The van der Waals surface area contributed by atoms with Crippen molar-refractivity contribution in [3.8, 4) is 5.75 Å². The van der Waals surface area contributed by atoms with E-state index in [9.17, 15) is 14.9 Å². The molecule has 0 fully saturated rings. The molecule has 0 aliphatic rings. The van der Waals surface area contributed by atoms with Crippen LogP contribution in [0.1, 0.15) is 10.6 Å². The van der Waals surface area contributed by atoms with Gasteiger partial charge >= 0.3 is 5.88 Å². The van der Waals surface area contributed by atoms with Gasteiger partial charge < -0.3 is 14.5 Å². The van der Waals surface area contributed by atoms with Crippen LogP contribution in [0.4, 0.5) is 11.6 Å². The van der Waals surface area contributed by atoms with Gasteiger partial charge in [-0.2, -0.15) is 0 Å².